The maximum absolute atomic E-state index is 5.62. The Hall–Kier alpha value is -0.120. The van der Waals surface area contributed by atoms with Crippen molar-refractivity contribution in [3.63, 3.8) is 0 Å². The maximum atomic E-state index is 5.62. The lowest BCUT2D eigenvalue weighted by Crippen LogP contribution is -2.54. The minimum atomic E-state index is 0.182. The van der Waals surface area contributed by atoms with Crippen molar-refractivity contribution >= 4 is 0 Å². The molecule has 0 radical (unpaired) electrons. The van der Waals surface area contributed by atoms with Gasteiger partial charge in [0.2, 0.25) is 0 Å². The third-order valence-electron chi connectivity index (χ3n) is 2.75. The van der Waals surface area contributed by atoms with Gasteiger partial charge in [0.15, 0.2) is 0 Å². The Kier molecular flexibility index (Phi) is 3.71. The molecule has 0 saturated carbocycles. The molecule has 0 aromatic heterocycles. The molecule has 0 spiro atoms. The van der Waals surface area contributed by atoms with Crippen LogP contribution in [0, 0.1) is 5.92 Å². The number of hydrogen-bond donors (Lipinski definition) is 1. The van der Waals surface area contributed by atoms with E-state index in [1.54, 1.807) is 0 Å². The molecule has 0 aromatic rings. The van der Waals surface area contributed by atoms with Crippen molar-refractivity contribution in [3.05, 3.63) is 0 Å². The van der Waals surface area contributed by atoms with Crippen molar-refractivity contribution in [2.75, 3.05) is 32.8 Å². The van der Waals surface area contributed by atoms with Crippen LogP contribution in [0.2, 0.25) is 0 Å². The van der Waals surface area contributed by atoms with Gasteiger partial charge in [-0.2, -0.15) is 0 Å². The third kappa shape index (κ3) is 2.93. The highest BCUT2D eigenvalue weighted by Crippen LogP contribution is 2.19. The second-order valence-electron chi connectivity index (χ2n) is 4.65. The average molecular weight is 186 g/mol. The lowest BCUT2D eigenvalue weighted by Gasteiger charge is -2.43. The van der Waals surface area contributed by atoms with E-state index in [1.165, 1.54) is 0 Å². The molecule has 0 aliphatic carbocycles. The van der Waals surface area contributed by atoms with Crippen LogP contribution in [0.4, 0.5) is 0 Å². The summed E-state index contributed by atoms with van der Waals surface area (Å²) in [5.74, 6) is 0.581. The van der Waals surface area contributed by atoms with Gasteiger partial charge in [-0.1, -0.05) is 6.92 Å². The van der Waals surface area contributed by atoms with Gasteiger partial charge >= 0.3 is 0 Å². The number of nitrogens with two attached hydrogens (primary N) is 1. The predicted molar refractivity (Wildman–Crippen MR) is 54.7 cm³/mol. The van der Waals surface area contributed by atoms with Gasteiger partial charge in [0.25, 0.3) is 0 Å². The lowest BCUT2D eigenvalue weighted by molar-refractivity contribution is -0.0558. The van der Waals surface area contributed by atoms with E-state index in [0.29, 0.717) is 5.92 Å². The fraction of sp³-hybridized carbons (Fsp3) is 1.00. The Morgan fingerprint density at radius 3 is 2.77 bits per heavy atom. The Morgan fingerprint density at radius 2 is 2.23 bits per heavy atom. The third-order valence-corrected chi connectivity index (χ3v) is 2.75. The molecule has 1 heterocycles. The normalized spacial score (nSPS) is 25.8. The minimum Gasteiger partial charge on any atom is -0.378 e. The van der Waals surface area contributed by atoms with E-state index < -0.39 is 0 Å². The predicted octanol–water partition coefficient (Wildman–Crippen LogP) is 0.692. The smallest absolute Gasteiger partial charge is 0.0645 e. The van der Waals surface area contributed by atoms with Gasteiger partial charge in [-0.05, 0) is 26.3 Å². The molecule has 1 saturated heterocycles. The van der Waals surface area contributed by atoms with Crippen LogP contribution in [0.3, 0.4) is 0 Å². The number of nitrogens with zero attached hydrogens (tertiary/aromatic N) is 1. The number of ether oxygens (including phenoxy) is 1. The minimum absolute atomic E-state index is 0.182. The first-order valence-electron chi connectivity index (χ1n) is 5.09. The molecule has 1 fully saturated rings. The van der Waals surface area contributed by atoms with Crippen molar-refractivity contribution in [2.24, 2.45) is 11.7 Å². The Morgan fingerprint density at radius 1 is 1.54 bits per heavy atom. The average Bonchev–Trinajstić information content (AvgIpc) is 2.08. The molecule has 2 N–H and O–H groups in total. The summed E-state index contributed by atoms with van der Waals surface area (Å²) in [5.41, 5.74) is 5.80. The highest BCUT2D eigenvalue weighted by Gasteiger charge is 2.30. The van der Waals surface area contributed by atoms with E-state index in [9.17, 15) is 0 Å². The number of hydrogen-bond acceptors (Lipinski definition) is 3. The van der Waals surface area contributed by atoms with Crippen LogP contribution in [0.25, 0.3) is 0 Å². The molecule has 3 nitrogen and oxygen atoms in total. The lowest BCUT2D eigenvalue weighted by atomic mass is 10.0. The molecular weight excluding hydrogens is 164 g/mol. The molecule has 0 bridgehead atoms. The van der Waals surface area contributed by atoms with E-state index in [1.807, 2.05) is 0 Å². The van der Waals surface area contributed by atoms with Gasteiger partial charge in [-0.15, -0.1) is 0 Å². The monoisotopic (exact) mass is 186 g/mol. The first-order valence-corrected chi connectivity index (χ1v) is 5.09. The van der Waals surface area contributed by atoms with E-state index in [-0.39, 0.29) is 5.54 Å². The number of morpholine rings is 1. The van der Waals surface area contributed by atoms with E-state index in [4.69, 9.17) is 10.5 Å². The number of rotatable bonds is 3. The first-order chi connectivity index (χ1) is 6.06. The van der Waals surface area contributed by atoms with Gasteiger partial charge in [0.1, 0.15) is 0 Å². The van der Waals surface area contributed by atoms with Crippen molar-refractivity contribution in [1.29, 1.82) is 0 Å². The molecule has 0 amide bonds. The van der Waals surface area contributed by atoms with Crippen LogP contribution in [-0.2, 0) is 4.74 Å². The maximum Gasteiger partial charge on any atom is 0.0645 e. The Bertz CT molecular complexity index is 159. The molecule has 3 heteroatoms. The van der Waals surface area contributed by atoms with E-state index in [0.717, 1.165) is 32.8 Å². The van der Waals surface area contributed by atoms with Crippen molar-refractivity contribution in [2.45, 2.75) is 26.3 Å². The topological polar surface area (TPSA) is 38.5 Å². The summed E-state index contributed by atoms with van der Waals surface area (Å²) in [5, 5.41) is 0. The first kappa shape index (κ1) is 11.0. The SMILES string of the molecule is CC(CN)CN1CCOCC1(C)C. The van der Waals surface area contributed by atoms with Gasteiger partial charge in [-0.25, -0.2) is 0 Å². The summed E-state index contributed by atoms with van der Waals surface area (Å²) >= 11 is 0. The zero-order valence-electron chi connectivity index (χ0n) is 9.05. The molecule has 1 unspecified atom stereocenters. The van der Waals surface area contributed by atoms with Crippen molar-refractivity contribution < 1.29 is 4.74 Å². The summed E-state index contributed by atoms with van der Waals surface area (Å²) in [4.78, 5) is 2.48. The van der Waals surface area contributed by atoms with Gasteiger partial charge in [0, 0.05) is 18.6 Å². The molecule has 0 aromatic carbocycles. The second kappa shape index (κ2) is 4.40. The Labute approximate surface area is 81.2 Å². The summed E-state index contributed by atoms with van der Waals surface area (Å²) < 4.78 is 5.46. The van der Waals surface area contributed by atoms with Crippen LogP contribution in [0.5, 0.6) is 0 Å². The summed E-state index contributed by atoms with van der Waals surface area (Å²) in [7, 11) is 0. The molecule has 1 aliphatic heterocycles. The zero-order valence-corrected chi connectivity index (χ0v) is 9.05. The van der Waals surface area contributed by atoms with Crippen LogP contribution in [0.15, 0.2) is 0 Å². The van der Waals surface area contributed by atoms with Crippen molar-refractivity contribution in [1.82, 2.24) is 4.90 Å². The summed E-state index contributed by atoms with van der Waals surface area (Å²) in [6.45, 7) is 11.3. The molecule has 13 heavy (non-hydrogen) atoms. The van der Waals surface area contributed by atoms with E-state index in [2.05, 4.69) is 25.7 Å². The van der Waals surface area contributed by atoms with Gasteiger partial charge < -0.3 is 10.5 Å². The molecule has 78 valence electrons. The second-order valence-corrected chi connectivity index (χ2v) is 4.65. The molecule has 1 aliphatic rings. The van der Waals surface area contributed by atoms with Gasteiger partial charge in [-0.3, -0.25) is 4.90 Å². The summed E-state index contributed by atoms with van der Waals surface area (Å²) in [6.07, 6.45) is 0. The standard InChI is InChI=1S/C10H22N2O/c1-9(6-11)7-12-4-5-13-8-10(12,2)3/h9H,4-8,11H2,1-3H3. The van der Waals surface area contributed by atoms with Crippen LogP contribution in [0.1, 0.15) is 20.8 Å². The highest BCUT2D eigenvalue weighted by atomic mass is 16.5. The fourth-order valence-electron chi connectivity index (χ4n) is 1.68. The van der Waals surface area contributed by atoms with Crippen LogP contribution >= 0.6 is 0 Å². The largest absolute Gasteiger partial charge is 0.378 e. The van der Waals surface area contributed by atoms with Crippen LogP contribution < -0.4 is 5.73 Å². The van der Waals surface area contributed by atoms with Crippen LogP contribution in [-0.4, -0.2) is 43.3 Å². The van der Waals surface area contributed by atoms with E-state index >= 15 is 0 Å². The molecule has 1 rings (SSSR count). The zero-order chi connectivity index (χ0) is 9.90. The van der Waals surface area contributed by atoms with Gasteiger partial charge in [0.05, 0.1) is 13.2 Å². The molecule has 1 atom stereocenters. The Balaban J connectivity index is 2.46. The summed E-state index contributed by atoms with van der Waals surface area (Å²) in [6, 6.07) is 0. The fourth-order valence-corrected chi connectivity index (χ4v) is 1.68. The van der Waals surface area contributed by atoms with Crippen molar-refractivity contribution in [3.8, 4) is 0 Å². The highest BCUT2D eigenvalue weighted by molar-refractivity contribution is 4.85. The quantitative estimate of drug-likeness (QED) is 0.705. The molecular formula is C10H22N2O.